The predicted molar refractivity (Wildman–Crippen MR) is 98.0 cm³/mol. The van der Waals surface area contributed by atoms with E-state index in [1.54, 1.807) is 18.4 Å². The molecule has 0 saturated heterocycles. The van der Waals surface area contributed by atoms with Crippen LogP contribution in [0, 0.1) is 5.41 Å². The molecule has 6 N–H and O–H groups in total. The molecule has 11 heteroatoms. The van der Waals surface area contributed by atoms with E-state index >= 15 is 0 Å². The number of hydrogen-bond donors (Lipinski definition) is 5. The molecule has 2 aromatic rings. The van der Waals surface area contributed by atoms with Gasteiger partial charge in [-0.2, -0.15) is 0 Å². The number of carboxylic acid groups (broad SMARTS) is 1. The lowest BCUT2D eigenvalue weighted by molar-refractivity contribution is -0.139. The smallest absolute Gasteiger partial charge is 0.303 e. The van der Waals surface area contributed by atoms with Crippen LogP contribution in [0.2, 0.25) is 0 Å². The molecule has 0 bridgehead atoms. The third kappa shape index (κ3) is 3.90. The van der Waals surface area contributed by atoms with Crippen molar-refractivity contribution in [2.45, 2.75) is 57.4 Å². The number of carboxylic acids is 1. The average Bonchev–Trinajstić information content (AvgIpc) is 3.10. The Morgan fingerprint density at radius 2 is 1.96 bits per heavy atom. The summed E-state index contributed by atoms with van der Waals surface area (Å²) in [7, 11) is 0. The number of imidazole rings is 1. The zero-order valence-corrected chi connectivity index (χ0v) is 15.6. The maximum atomic E-state index is 12.3. The topological polar surface area (TPSA) is 176 Å². The summed E-state index contributed by atoms with van der Waals surface area (Å²) >= 11 is 0. The van der Waals surface area contributed by atoms with Crippen molar-refractivity contribution in [2.75, 3.05) is 5.73 Å². The van der Waals surface area contributed by atoms with Gasteiger partial charge in [0.2, 0.25) is 5.91 Å². The second-order valence-electron chi connectivity index (χ2n) is 7.95. The highest BCUT2D eigenvalue weighted by molar-refractivity contribution is 5.81. The van der Waals surface area contributed by atoms with Crippen molar-refractivity contribution in [1.82, 2.24) is 24.8 Å². The summed E-state index contributed by atoms with van der Waals surface area (Å²) in [6, 6.07) is -1.25. The Bertz CT molecular complexity index is 897. The third-order valence-electron chi connectivity index (χ3n) is 5.01. The highest BCUT2D eigenvalue weighted by Gasteiger charge is 2.44. The monoisotopic (exact) mass is 392 g/mol. The molecule has 1 fully saturated rings. The summed E-state index contributed by atoms with van der Waals surface area (Å²) in [5, 5.41) is 32.5. The van der Waals surface area contributed by atoms with Gasteiger partial charge in [-0.25, -0.2) is 15.0 Å². The molecule has 0 spiro atoms. The van der Waals surface area contributed by atoms with Crippen molar-refractivity contribution < 1.29 is 24.9 Å². The minimum absolute atomic E-state index is 0.0129. The van der Waals surface area contributed by atoms with Gasteiger partial charge in [-0.1, -0.05) is 13.8 Å². The number of carbonyl (C=O) groups is 2. The van der Waals surface area contributed by atoms with Crippen molar-refractivity contribution >= 4 is 28.9 Å². The second kappa shape index (κ2) is 7.32. The Balaban J connectivity index is 1.73. The largest absolute Gasteiger partial charge is 0.481 e. The molecular weight excluding hydrogens is 368 g/mol. The van der Waals surface area contributed by atoms with E-state index in [1.807, 2.05) is 0 Å². The molecule has 2 aromatic heterocycles. The van der Waals surface area contributed by atoms with E-state index in [-0.39, 0.29) is 31.0 Å². The van der Waals surface area contributed by atoms with Gasteiger partial charge in [-0.15, -0.1) is 0 Å². The van der Waals surface area contributed by atoms with Crippen LogP contribution in [-0.2, 0) is 9.59 Å². The van der Waals surface area contributed by atoms with Gasteiger partial charge in [0.05, 0.1) is 24.8 Å². The zero-order valence-electron chi connectivity index (χ0n) is 15.6. The van der Waals surface area contributed by atoms with E-state index in [0.29, 0.717) is 11.2 Å². The number of nitrogens with zero attached hydrogens (tertiary/aromatic N) is 4. The third-order valence-corrected chi connectivity index (χ3v) is 5.01. The maximum absolute atomic E-state index is 12.3. The number of aliphatic hydroxyl groups is 2. The molecule has 1 aliphatic carbocycles. The minimum atomic E-state index is -1.19. The fraction of sp³-hybridized carbons (Fsp3) is 0.588. The Morgan fingerprint density at radius 3 is 2.64 bits per heavy atom. The summed E-state index contributed by atoms with van der Waals surface area (Å²) in [6.45, 7) is 3.37. The van der Waals surface area contributed by atoms with Crippen LogP contribution in [0.4, 0.5) is 5.82 Å². The number of nitrogens with one attached hydrogen (secondary N) is 1. The van der Waals surface area contributed by atoms with Gasteiger partial charge in [0.25, 0.3) is 0 Å². The van der Waals surface area contributed by atoms with Crippen molar-refractivity contribution in [3.63, 3.8) is 0 Å². The first-order chi connectivity index (χ1) is 13.1. The van der Waals surface area contributed by atoms with Crippen LogP contribution in [-0.4, -0.2) is 65.0 Å². The standard InChI is InChI=1S/C17H24N6O5/c1-17(2,5-11(25)26)4-10(24)22-8-3-9(14(28)13(8)27)23-7-21-12-15(18)19-6-20-16(12)23/h6-9,13-14,27-28H,3-5H2,1-2H3,(H,22,24)(H,25,26)(H2,18,19,20)/t8-,9+,13-,14+/m1/s1. The molecular formula is C17H24N6O5. The lowest BCUT2D eigenvalue weighted by Gasteiger charge is -2.24. The van der Waals surface area contributed by atoms with Crippen molar-refractivity contribution in [1.29, 1.82) is 0 Å². The molecule has 1 aliphatic rings. The van der Waals surface area contributed by atoms with Crippen molar-refractivity contribution in [2.24, 2.45) is 5.41 Å². The SMILES string of the molecule is CC(C)(CC(=O)O)CC(=O)N[C@@H]1C[C@H](n2cnc3c(N)ncnc32)[C@H](O)[C@@H]1O. The number of fused-ring (bicyclic) bond motifs is 1. The molecule has 3 rings (SSSR count). The number of aliphatic carboxylic acids is 1. The van der Waals surface area contributed by atoms with Crippen LogP contribution in [0.3, 0.4) is 0 Å². The van der Waals surface area contributed by atoms with Gasteiger partial charge < -0.3 is 30.9 Å². The van der Waals surface area contributed by atoms with Crippen LogP contribution in [0.5, 0.6) is 0 Å². The van der Waals surface area contributed by atoms with Gasteiger partial charge >= 0.3 is 5.97 Å². The number of anilines is 1. The van der Waals surface area contributed by atoms with Crippen LogP contribution >= 0.6 is 0 Å². The zero-order chi connectivity index (χ0) is 20.6. The molecule has 11 nitrogen and oxygen atoms in total. The quantitative estimate of drug-likeness (QED) is 0.431. The highest BCUT2D eigenvalue weighted by Crippen LogP contribution is 2.34. The fourth-order valence-corrected chi connectivity index (χ4v) is 3.70. The number of carbonyl (C=O) groups excluding carboxylic acids is 1. The van der Waals surface area contributed by atoms with E-state index in [9.17, 15) is 19.8 Å². The van der Waals surface area contributed by atoms with Crippen molar-refractivity contribution in [3.05, 3.63) is 12.7 Å². The Labute approximate surface area is 160 Å². The molecule has 0 aliphatic heterocycles. The summed E-state index contributed by atoms with van der Waals surface area (Å²) in [5.74, 6) is -1.16. The van der Waals surface area contributed by atoms with Crippen molar-refractivity contribution in [3.8, 4) is 0 Å². The molecule has 1 saturated carbocycles. The molecule has 2 heterocycles. The van der Waals surface area contributed by atoms with Gasteiger partial charge in [0.1, 0.15) is 24.1 Å². The first-order valence-corrected chi connectivity index (χ1v) is 8.89. The van der Waals surface area contributed by atoms with Crippen LogP contribution in [0.25, 0.3) is 11.2 Å². The molecule has 4 atom stereocenters. The van der Waals surface area contributed by atoms with Gasteiger partial charge in [0.15, 0.2) is 11.5 Å². The number of aromatic nitrogens is 4. The Kier molecular flexibility index (Phi) is 5.22. The summed E-state index contributed by atoms with van der Waals surface area (Å²) in [5.41, 5.74) is 5.87. The molecule has 152 valence electrons. The second-order valence-corrected chi connectivity index (χ2v) is 7.95. The molecule has 1 amide bonds. The summed E-state index contributed by atoms with van der Waals surface area (Å²) in [6.07, 6.45) is 0.512. The van der Waals surface area contributed by atoms with E-state index < -0.39 is 35.7 Å². The van der Waals surface area contributed by atoms with Crippen LogP contribution in [0.15, 0.2) is 12.7 Å². The Morgan fingerprint density at radius 1 is 1.25 bits per heavy atom. The number of hydrogen-bond acceptors (Lipinski definition) is 8. The lowest BCUT2D eigenvalue weighted by atomic mass is 9.85. The van der Waals surface area contributed by atoms with Gasteiger partial charge in [-0.3, -0.25) is 9.59 Å². The van der Waals surface area contributed by atoms with E-state index in [0.717, 1.165) is 0 Å². The van der Waals surface area contributed by atoms with Crippen LogP contribution in [0.1, 0.15) is 39.2 Å². The molecule has 28 heavy (non-hydrogen) atoms. The average molecular weight is 392 g/mol. The maximum Gasteiger partial charge on any atom is 0.303 e. The van der Waals surface area contributed by atoms with Gasteiger partial charge in [0, 0.05) is 6.42 Å². The number of nitrogen functional groups attached to an aromatic ring is 1. The van der Waals surface area contributed by atoms with E-state index in [4.69, 9.17) is 10.8 Å². The summed E-state index contributed by atoms with van der Waals surface area (Å²) in [4.78, 5) is 35.4. The van der Waals surface area contributed by atoms with E-state index in [1.165, 1.54) is 12.7 Å². The fourth-order valence-electron chi connectivity index (χ4n) is 3.70. The number of nitrogens with two attached hydrogens (primary N) is 1. The number of rotatable bonds is 6. The highest BCUT2D eigenvalue weighted by atomic mass is 16.4. The van der Waals surface area contributed by atoms with E-state index in [2.05, 4.69) is 20.3 Å². The summed E-state index contributed by atoms with van der Waals surface area (Å²) < 4.78 is 1.61. The Hall–Kier alpha value is -2.79. The molecule has 0 aromatic carbocycles. The minimum Gasteiger partial charge on any atom is -0.481 e. The molecule has 0 unspecified atom stereocenters. The number of amides is 1. The first kappa shape index (κ1) is 20.0. The normalized spacial score (nSPS) is 25.1. The lowest BCUT2D eigenvalue weighted by Crippen LogP contribution is -2.44. The molecule has 0 radical (unpaired) electrons. The number of aliphatic hydroxyl groups excluding tert-OH is 2. The predicted octanol–water partition coefficient (Wildman–Crippen LogP) is -0.549. The van der Waals surface area contributed by atoms with Gasteiger partial charge in [-0.05, 0) is 11.8 Å². The first-order valence-electron chi connectivity index (χ1n) is 8.89. The van der Waals surface area contributed by atoms with Crippen LogP contribution < -0.4 is 11.1 Å².